The lowest BCUT2D eigenvalue weighted by Crippen LogP contribution is -2.26. The van der Waals surface area contributed by atoms with Gasteiger partial charge < -0.3 is 14.8 Å². The number of methoxy groups -OCH3 is 1. The third kappa shape index (κ3) is 4.84. The monoisotopic (exact) mass is 268 g/mol. The van der Waals surface area contributed by atoms with E-state index in [1.54, 1.807) is 6.07 Å². The molecule has 0 saturated heterocycles. The number of hydrogen-bond donors (Lipinski definition) is 1. The number of nitrogens with one attached hydrogen (secondary N) is 1. The maximum atomic E-state index is 10.9. The van der Waals surface area contributed by atoms with E-state index in [9.17, 15) is 10.1 Å². The first-order valence-electron chi connectivity index (χ1n) is 6.22. The van der Waals surface area contributed by atoms with Crippen LogP contribution < -0.4 is 10.1 Å². The van der Waals surface area contributed by atoms with E-state index in [0.29, 0.717) is 19.7 Å². The minimum atomic E-state index is -0.439. The molecule has 0 aliphatic carbocycles. The number of nitrogens with zero attached hydrogens (tertiary/aromatic N) is 1. The fourth-order valence-electron chi connectivity index (χ4n) is 1.75. The van der Waals surface area contributed by atoms with Crippen LogP contribution in [-0.4, -0.2) is 31.3 Å². The van der Waals surface area contributed by atoms with E-state index in [4.69, 9.17) is 9.47 Å². The molecule has 0 radical (unpaired) electrons. The van der Waals surface area contributed by atoms with Gasteiger partial charge in [-0.05, 0) is 25.5 Å². The first-order valence-corrected chi connectivity index (χ1v) is 6.22. The number of rotatable bonds is 8. The van der Waals surface area contributed by atoms with Gasteiger partial charge in [0.2, 0.25) is 0 Å². The van der Waals surface area contributed by atoms with Crippen molar-refractivity contribution in [2.24, 2.45) is 0 Å². The molecule has 1 unspecified atom stereocenters. The predicted octanol–water partition coefficient (Wildman–Crippen LogP) is 2.12. The highest BCUT2D eigenvalue weighted by Gasteiger charge is 2.14. The Labute approximate surface area is 112 Å². The second-order valence-corrected chi connectivity index (χ2v) is 4.16. The minimum absolute atomic E-state index is 0.0142. The molecule has 106 valence electrons. The second kappa shape index (κ2) is 7.70. The van der Waals surface area contributed by atoms with Crippen molar-refractivity contribution in [1.82, 2.24) is 5.32 Å². The molecule has 0 aliphatic heterocycles. The average Bonchev–Trinajstić information content (AvgIpc) is 2.38. The van der Waals surface area contributed by atoms with Crippen LogP contribution in [0.4, 0.5) is 5.69 Å². The van der Waals surface area contributed by atoms with Gasteiger partial charge in [-0.3, -0.25) is 10.1 Å². The van der Waals surface area contributed by atoms with Gasteiger partial charge in [-0.15, -0.1) is 0 Å². The summed E-state index contributed by atoms with van der Waals surface area (Å²) in [5.74, 6) is 0.274. The molecule has 1 N–H and O–H groups in total. The maximum Gasteiger partial charge on any atom is 0.311 e. The van der Waals surface area contributed by atoms with Crippen molar-refractivity contribution in [2.75, 3.05) is 20.3 Å². The maximum absolute atomic E-state index is 10.9. The SMILES string of the molecule is CCOC(C)CNCc1ccc(OC)c([N+](=O)[O-])c1. The van der Waals surface area contributed by atoms with Crippen LogP contribution in [0.15, 0.2) is 18.2 Å². The summed E-state index contributed by atoms with van der Waals surface area (Å²) in [6.07, 6.45) is 0.123. The highest BCUT2D eigenvalue weighted by molar-refractivity contribution is 5.48. The number of ether oxygens (including phenoxy) is 2. The molecule has 0 saturated carbocycles. The first kappa shape index (κ1) is 15.4. The molecule has 6 nitrogen and oxygen atoms in total. The third-order valence-corrected chi connectivity index (χ3v) is 2.65. The topological polar surface area (TPSA) is 73.6 Å². The molecule has 1 aromatic rings. The van der Waals surface area contributed by atoms with Crippen molar-refractivity contribution in [2.45, 2.75) is 26.5 Å². The lowest BCUT2D eigenvalue weighted by molar-refractivity contribution is -0.385. The van der Waals surface area contributed by atoms with E-state index in [-0.39, 0.29) is 17.5 Å². The Morgan fingerprint density at radius 3 is 2.79 bits per heavy atom. The van der Waals surface area contributed by atoms with E-state index in [0.717, 1.165) is 5.56 Å². The van der Waals surface area contributed by atoms with Gasteiger partial charge in [-0.2, -0.15) is 0 Å². The fraction of sp³-hybridized carbons (Fsp3) is 0.538. The third-order valence-electron chi connectivity index (χ3n) is 2.65. The molecule has 0 fully saturated rings. The van der Waals surface area contributed by atoms with E-state index in [2.05, 4.69) is 5.32 Å². The quantitative estimate of drug-likeness (QED) is 0.577. The number of benzene rings is 1. The molecule has 1 rings (SSSR count). The molecule has 0 heterocycles. The Morgan fingerprint density at radius 1 is 1.47 bits per heavy atom. The van der Waals surface area contributed by atoms with Crippen LogP contribution in [0.1, 0.15) is 19.4 Å². The molecular weight excluding hydrogens is 248 g/mol. The van der Waals surface area contributed by atoms with Gasteiger partial charge in [0.15, 0.2) is 5.75 Å². The molecular formula is C13H20N2O4. The summed E-state index contributed by atoms with van der Waals surface area (Å²) < 4.78 is 10.3. The zero-order valence-corrected chi connectivity index (χ0v) is 11.5. The van der Waals surface area contributed by atoms with Crippen LogP contribution in [0, 0.1) is 10.1 Å². The van der Waals surface area contributed by atoms with E-state index in [1.807, 2.05) is 19.9 Å². The van der Waals surface area contributed by atoms with Crippen LogP contribution in [0.25, 0.3) is 0 Å². The molecule has 0 bridgehead atoms. The normalized spacial score (nSPS) is 12.2. The molecule has 0 spiro atoms. The molecule has 6 heteroatoms. The Hall–Kier alpha value is -1.66. The Bertz CT molecular complexity index is 423. The molecule has 19 heavy (non-hydrogen) atoms. The summed E-state index contributed by atoms with van der Waals surface area (Å²) >= 11 is 0. The lowest BCUT2D eigenvalue weighted by atomic mass is 10.2. The van der Waals surface area contributed by atoms with E-state index >= 15 is 0 Å². The highest BCUT2D eigenvalue weighted by Crippen LogP contribution is 2.27. The molecule has 0 aromatic heterocycles. The average molecular weight is 268 g/mol. The van der Waals surface area contributed by atoms with Gasteiger partial charge in [-0.25, -0.2) is 0 Å². The molecule has 0 aliphatic rings. The van der Waals surface area contributed by atoms with Gasteiger partial charge in [0.25, 0.3) is 0 Å². The summed E-state index contributed by atoms with van der Waals surface area (Å²) in [5.41, 5.74) is 0.829. The summed E-state index contributed by atoms with van der Waals surface area (Å²) in [5, 5.41) is 14.1. The van der Waals surface area contributed by atoms with Crippen molar-refractivity contribution in [1.29, 1.82) is 0 Å². The van der Waals surface area contributed by atoms with Crippen LogP contribution in [0.3, 0.4) is 0 Å². The highest BCUT2D eigenvalue weighted by atomic mass is 16.6. The standard InChI is InChI=1S/C13H20N2O4/c1-4-19-10(2)8-14-9-11-5-6-13(18-3)12(7-11)15(16)17/h5-7,10,14H,4,8-9H2,1-3H3. The number of hydrogen-bond acceptors (Lipinski definition) is 5. The van der Waals surface area contributed by atoms with Crippen molar-refractivity contribution in [3.63, 3.8) is 0 Å². The Balaban J connectivity index is 2.60. The first-order chi connectivity index (χ1) is 9.08. The van der Waals surface area contributed by atoms with E-state index in [1.165, 1.54) is 13.2 Å². The van der Waals surface area contributed by atoms with Crippen LogP contribution in [0.5, 0.6) is 5.75 Å². The van der Waals surface area contributed by atoms with Crippen molar-refractivity contribution >= 4 is 5.69 Å². The van der Waals surface area contributed by atoms with E-state index < -0.39 is 4.92 Å². The largest absolute Gasteiger partial charge is 0.490 e. The Kier molecular flexibility index (Phi) is 6.24. The zero-order valence-electron chi connectivity index (χ0n) is 11.5. The second-order valence-electron chi connectivity index (χ2n) is 4.16. The minimum Gasteiger partial charge on any atom is -0.490 e. The number of nitro groups is 1. The van der Waals surface area contributed by atoms with Gasteiger partial charge in [0.1, 0.15) is 0 Å². The van der Waals surface area contributed by atoms with Crippen molar-refractivity contribution < 1.29 is 14.4 Å². The summed E-state index contributed by atoms with van der Waals surface area (Å²) in [7, 11) is 1.42. The van der Waals surface area contributed by atoms with Crippen molar-refractivity contribution in [3.8, 4) is 5.75 Å². The van der Waals surface area contributed by atoms with Crippen molar-refractivity contribution in [3.05, 3.63) is 33.9 Å². The van der Waals surface area contributed by atoms with Crippen LogP contribution in [-0.2, 0) is 11.3 Å². The fourth-order valence-corrected chi connectivity index (χ4v) is 1.75. The predicted molar refractivity (Wildman–Crippen MR) is 72.4 cm³/mol. The lowest BCUT2D eigenvalue weighted by Gasteiger charge is -2.12. The Morgan fingerprint density at radius 2 is 2.21 bits per heavy atom. The van der Waals surface area contributed by atoms with Gasteiger partial charge >= 0.3 is 5.69 Å². The van der Waals surface area contributed by atoms with Gasteiger partial charge in [-0.1, -0.05) is 6.07 Å². The van der Waals surface area contributed by atoms with Gasteiger partial charge in [0, 0.05) is 25.8 Å². The van der Waals surface area contributed by atoms with Gasteiger partial charge in [0.05, 0.1) is 18.1 Å². The summed E-state index contributed by atoms with van der Waals surface area (Å²) in [6.45, 7) is 5.86. The number of nitro benzene ring substituents is 1. The molecule has 0 amide bonds. The molecule has 1 aromatic carbocycles. The molecule has 1 atom stereocenters. The zero-order chi connectivity index (χ0) is 14.3. The van der Waals surface area contributed by atoms with Crippen LogP contribution >= 0.6 is 0 Å². The smallest absolute Gasteiger partial charge is 0.311 e. The summed E-state index contributed by atoms with van der Waals surface area (Å²) in [4.78, 5) is 10.4. The summed E-state index contributed by atoms with van der Waals surface area (Å²) in [6, 6.07) is 4.95. The van der Waals surface area contributed by atoms with Crippen LogP contribution in [0.2, 0.25) is 0 Å².